The largest absolute Gasteiger partial charge is 0.341 e. The number of hydrogen-bond donors (Lipinski definition) is 1. The number of nitrogens with zero attached hydrogens (tertiary/aromatic N) is 2. The second-order valence-corrected chi connectivity index (χ2v) is 4.45. The first-order valence-corrected chi connectivity index (χ1v) is 5.74. The van der Waals surface area contributed by atoms with Crippen molar-refractivity contribution in [1.29, 1.82) is 0 Å². The molecule has 0 aromatic rings. The highest BCUT2D eigenvalue weighted by Crippen LogP contribution is 2.14. The molecule has 0 saturated carbocycles. The van der Waals surface area contributed by atoms with Crippen molar-refractivity contribution in [3.8, 4) is 0 Å². The molecule has 1 aliphatic rings. The van der Waals surface area contributed by atoms with Crippen LogP contribution >= 0.6 is 24.8 Å². The maximum absolute atomic E-state index is 11.8. The van der Waals surface area contributed by atoms with Crippen molar-refractivity contribution in [2.24, 2.45) is 0 Å². The number of piperidine rings is 1. The number of rotatable bonds is 4. The lowest BCUT2D eigenvalue weighted by Crippen LogP contribution is -2.47. The van der Waals surface area contributed by atoms with Crippen molar-refractivity contribution in [2.45, 2.75) is 25.3 Å². The van der Waals surface area contributed by atoms with Crippen LogP contribution in [0.15, 0.2) is 0 Å². The van der Waals surface area contributed by atoms with Gasteiger partial charge < -0.3 is 15.1 Å². The van der Waals surface area contributed by atoms with Gasteiger partial charge in [-0.1, -0.05) is 0 Å². The van der Waals surface area contributed by atoms with Crippen LogP contribution in [-0.2, 0) is 4.79 Å². The molecule has 6 heteroatoms. The molecule has 1 aliphatic heterocycles. The highest BCUT2D eigenvalue weighted by molar-refractivity contribution is 5.85. The van der Waals surface area contributed by atoms with E-state index in [1.54, 1.807) is 0 Å². The van der Waals surface area contributed by atoms with Crippen LogP contribution in [0.5, 0.6) is 0 Å². The van der Waals surface area contributed by atoms with Crippen molar-refractivity contribution >= 4 is 30.7 Å². The van der Waals surface area contributed by atoms with Crippen molar-refractivity contribution in [1.82, 2.24) is 15.1 Å². The predicted octanol–water partition coefficient (Wildman–Crippen LogP) is 0.992. The highest BCUT2D eigenvalue weighted by atomic mass is 35.5. The number of carbonyl (C=O) groups is 1. The Labute approximate surface area is 117 Å². The summed E-state index contributed by atoms with van der Waals surface area (Å²) < 4.78 is 0. The average Bonchev–Trinajstić information content (AvgIpc) is 2.26. The maximum atomic E-state index is 11.8. The van der Waals surface area contributed by atoms with Gasteiger partial charge in [0.25, 0.3) is 0 Å². The lowest BCUT2D eigenvalue weighted by molar-refractivity contribution is -0.133. The van der Waals surface area contributed by atoms with E-state index in [4.69, 9.17) is 0 Å². The zero-order valence-corrected chi connectivity index (χ0v) is 12.6. The zero-order valence-electron chi connectivity index (χ0n) is 10.9. The summed E-state index contributed by atoms with van der Waals surface area (Å²) in [5.74, 6) is 0.288. The van der Waals surface area contributed by atoms with Gasteiger partial charge in [0.1, 0.15) is 0 Å². The summed E-state index contributed by atoms with van der Waals surface area (Å²) >= 11 is 0. The second kappa shape index (κ2) is 9.95. The fourth-order valence-electron chi connectivity index (χ4n) is 1.99. The molecule has 17 heavy (non-hydrogen) atoms. The van der Waals surface area contributed by atoms with Gasteiger partial charge in [0, 0.05) is 32.1 Å². The van der Waals surface area contributed by atoms with Gasteiger partial charge in [-0.2, -0.15) is 0 Å². The summed E-state index contributed by atoms with van der Waals surface area (Å²) in [7, 11) is 6.06. The van der Waals surface area contributed by atoms with Crippen LogP contribution in [-0.4, -0.2) is 62.5 Å². The molecule has 0 radical (unpaired) electrons. The summed E-state index contributed by atoms with van der Waals surface area (Å²) in [6, 6.07) is 0.539. The molecule has 1 rings (SSSR count). The third-order valence-electron chi connectivity index (χ3n) is 3.07. The van der Waals surface area contributed by atoms with Crippen LogP contribution in [0.25, 0.3) is 0 Å². The molecule has 104 valence electrons. The number of halogens is 2. The van der Waals surface area contributed by atoms with E-state index in [9.17, 15) is 4.79 Å². The molecular weight excluding hydrogens is 261 g/mol. The molecule has 1 amide bonds. The molecule has 1 atom stereocenters. The van der Waals surface area contributed by atoms with Gasteiger partial charge in [0.2, 0.25) is 5.91 Å². The van der Waals surface area contributed by atoms with E-state index >= 15 is 0 Å². The Morgan fingerprint density at radius 3 is 2.59 bits per heavy atom. The number of nitrogens with one attached hydrogen (secondary N) is 1. The van der Waals surface area contributed by atoms with Crippen LogP contribution in [0.2, 0.25) is 0 Å². The van der Waals surface area contributed by atoms with Crippen LogP contribution in [0.3, 0.4) is 0 Å². The van der Waals surface area contributed by atoms with E-state index in [1.807, 2.05) is 11.9 Å². The Kier molecular flexibility index (Phi) is 11.3. The Hall–Kier alpha value is -0.0300. The van der Waals surface area contributed by atoms with Gasteiger partial charge in [0.15, 0.2) is 0 Å². The Morgan fingerprint density at radius 1 is 1.41 bits per heavy atom. The van der Waals surface area contributed by atoms with Gasteiger partial charge in [0.05, 0.1) is 0 Å². The van der Waals surface area contributed by atoms with Crippen LogP contribution in [0.4, 0.5) is 0 Å². The van der Waals surface area contributed by atoms with Crippen molar-refractivity contribution in [3.63, 3.8) is 0 Å². The average molecular weight is 286 g/mol. The summed E-state index contributed by atoms with van der Waals surface area (Å²) in [6.45, 7) is 2.62. The Morgan fingerprint density at radius 2 is 2.06 bits per heavy atom. The summed E-state index contributed by atoms with van der Waals surface area (Å²) in [5, 5.41) is 3.01. The summed E-state index contributed by atoms with van der Waals surface area (Å²) in [4.78, 5) is 16.0. The molecule has 1 heterocycles. The van der Waals surface area contributed by atoms with Gasteiger partial charge in [-0.15, -0.1) is 24.8 Å². The molecule has 1 saturated heterocycles. The smallest absolute Gasteiger partial charge is 0.223 e. The van der Waals surface area contributed by atoms with E-state index in [0.29, 0.717) is 12.5 Å². The minimum atomic E-state index is 0. The molecular formula is C11H25Cl2N3O. The fraction of sp³-hybridized carbons (Fsp3) is 0.909. The number of carbonyl (C=O) groups excluding carboxylic acids is 1. The minimum Gasteiger partial charge on any atom is -0.341 e. The van der Waals surface area contributed by atoms with Crippen LogP contribution < -0.4 is 5.32 Å². The molecule has 0 spiro atoms. The second-order valence-electron chi connectivity index (χ2n) is 4.45. The molecule has 1 N–H and O–H groups in total. The number of likely N-dealkylation sites (tertiary alicyclic amines) is 1. The Bertz CT molecular complexity index is 215. The van der Waals surface area contributed by atoms with Gasteiger partial charge in [-0.3, -0.25) is 4.79 Å². The molecule has 0 aliphatic carbocycles. The zero-order chi connectivity index (χ0) is 11.3. The topological polar surface area (TPSA) is 35.6 Å². The number of hydrogen-bond acceptors (Lipinski definition) is 3. The molecule has 0 aromatic carbocycles. The maximum Gasteiger partial charge on any atom is 0.223 e. The van der Waals surface area contributed by atoms with Crippen molar-refractivity contribution < 1.29 is 4.79 Å². The SMILES string of the molecule is CNCCC(=O)N1CCCC(N(C)C)C1.Cl.Cl. The van der Waals surface area contributed by atoms with Crippen LogP contribution in [0, 0.1) is 0 Å². The van der Waals surface area contributed by atoms with E-state index in [2.05, 4.69) is 24.3 Å². The third-order valence-corrected chi connectivity index (χ3v) is 3.07. The number of likely N-dealkylation sites (N-methyl/N-ethyl adjacent to an activating group) is 1. The lowest BCUT2D eigenvalue weighted by atomic mass is 10.0. The van der Waals surface area contributed by atoms with Crippen LogP contribution in [0.1, 0.15) is 19.3 Å². The molecule has 0 bridgehead atoms. The van der Waals surface area contributed by atoms with Gasteiger partial charge in [-0.25, -0.2) is 0 Å². The molecule has 4 nitrogen and oxygen atoms in total. The molecule has 1 unspecified atom stereocenters. The predicted molar refractivity (Wildman–Crippen MR) is 76.3 cm³/mol. The minimum absolute atomic E-state index is 0. The first-order chi connectivity index (χ1) is 7.15. The van der Waals surface area contributed by atoms with Crippen molar-refractivity contribution in [2.75, 3.05) is 40.8 Å². The monoisotopic (exact) mass is 285 g/mol. The normalized spacial score (nSPS) is 19.5. The lowest BCUT2D eigenvalue weighted by Gasteiger charge is -2.36. The van der Waals surface area contributed by atoms with Gasteiger partial charge in [-0.05, 0) is 34.0 Å². The van der Waals surface area contributed by atoms with E-state index < -0.39 is 0 Å². The first-order valence-electron chi connectivity index (χ1n) is 5.74. The third kappa shape index (κ3) is 6.46. The summed E-state index contributed by atoms with van der Waals surface area (Å²) in [5.41, 5.74) is 0. The molecule has 1 fully saturated rings. The highest BCUT2D eigenvalue weighted by Gasteiger charge is 2.24. The van der Waals surface area contributed by atoms with Crippen molar-refractivity contribution in [3.05, 3.63) is 0 Å². The van der Waals surface area contributed by atoms with E-state index in [-0.39, 0.29) is 30.7 Å². The van der Waals surface area contributed by atoms with E-state index in [0.717, 1.165) is 26.1 Å². The standard InChI is InChI=1S/C11H23N3O.2ClH/c1-12-7-6-11(15)14-8-4-5-10(9-14)13(2)3;;/h10,12H,4-9H2,1-3H3;2*1H. The van der Waals surface area contributed by atoms with E-state index in [1.165, 1.54) is 6.42 Å². The number of amides is 1. The fourth-order valence-corrected chi connectivity index (χ4v) is 1.99. The van der Waals surface area contributed by atoms with Gasteiger partial charge >= 0.3 is 0 Å². The molecule has 0 aromatic heterocycles. The first kappa shape index (κ1) is 19.3. The Balaban J connectivity index is 0. The summed E-state index contributed by atoms with van der Waals surface area (Å²) in [6.07, 6.45) is 2.97. The quantitative estimate of drug-likeness (QED) is 0.837.